The quantitative estimate of drug-likeness (QED) is 0.849. The van der Waals surface area contributed by atoms with Crippen molar-refractivity contribution < 1.29 is 13.9 Å². The topological polar surface area (TPSA) is 50.4 Å². The van der Waals surface area contributed by atoms with E-state index in [0.717, 1.165) is 25.9 Å². The van der Waals surface area contributed by atoms with E-state index in [1.807, 2.05) is 0 Å². The molecule has 1 heterocycles. The number of methoxy groups -OCH3 is 1. The van der Waals surface area contributed by atoms with Crippen molar-refractivity contribution in [1.29, 1.82) is 0 Å². The Morgan fingerprint density at radius 2 is 2.19 bits per heavy atom. The highest BCUT2D eigenvalue weighted by Crippen LogP contribution is 2.28. The van der Waals surface area contributed by atoms with Gasteiger partial charge in [0.15, 0.2) is 0 Å². The zero-order valence-corrected chi connectivity index (χ0v) is 13.6. The number of hydrogen-bond acceptors (Lipinski definition) is 3. The van der Waals surface area contributed by atoms with Crippen LogP contribution < -0.4 is 10.6 Å². The van der Waals surface area contributed by atoms with Crippen molar-refractivity contribution in [2.24, 2.45) is 5.41 Å². The molecule has 6 heteroatoms. The Labute approximate surface area is 132 Å². The number of benzene rings is 1. The van der Waals surface area contributed by atoms with Crippen LogP contribution in [0.5, 0.6) is 0 Å². The van der Waals surface area contributed by atoms with E-state index in [2.05, 4.69) is 26.6 Å². The first-order valence-corrected chi connectivity index (χ1v) is 7.79. The third-order valence-corrected chi connectivity index (χ3v) is 4.59. The number of nitrogens with one attached hydrogen (secondary N) is 2. The first-order chi connectivity index (χ1) is 10.1. The SMILES string of the molecule is COCC1(CNC(=O)c2c(F)cccc2Br)CCNCC1. The molecule has 1 amide bonds. The van der Waals surface area contributed by atoms with E-state index in [0.29, 0.717) is 17.6 Å². The van der Waals surface area contributed by atoms with Crippen molar-refractivity contribution in [1.82, 2.24) is 10.6 Å². The van der Waals surface area contributed by atoms with Gasteiger partial charge >= 0.3 is 0 Å². The van der Waals surface area contributed by atoms with E-state index >= 15 is 0 Å². The second-order valence-electron chi connectivity index (χ2n) is 5.46. The molecule has 0 spiro atoms. The van der Waals surface area contributed by atoms with Crippen LogP contribution in [0.2, 0.25) is 0 Å². The van der Waals surface area contributed by atoms with Gasteiger partial charge in [0.1, 0.15) is 5.82 Å². The lowest BCUT2D eigenvalue weighted by molar-refractivity contribution is 0.0511. The Kier molecular flexibility index (Phi) is 5.72. The fourth-order valence-electron chi connectivity index (χ4n) is 2.71. The molecule has 1 saturated heterocycles. The highest BCUT2D eigenvalue weighted by molar-refractivity contribution is 9.10. The Hall–Kier alpha value is -0.980. The van der Waals surface area contributed by atoms with Gasteiger partial charge in [-0.2, -0.15) is 0 Å². The van der Waals surface area contributed by atoms with Crippen molar-refractivity contribution in [3.63, 3.8) is 0 Å². The maximum atomic E-state index is 13.8. The number of amides is 1. The molecule has 0 bridgehead atoms. The van der Waals surface area contributed by atoms with Gasteiger partial charge in [-0.05, 0) is 54.0 Å². The van der Waals surface area contributed by atoms with Crippen molar-refractivity contribution >= 4 is 21.8 Å². The number of carbonyl (C=O) groups excluding carboxylic acids is 1. The first-order valence-electron chi connectivity index (χ1n) is 7.00. The monoisotopic (exact) mass is 358 g/mol. The van der Waals surface area contributed by atoms with E-state index < -0.39 is 11.7 Å². The number of halogens is 2. The van der Waals surface area contributed by atoms with Crippen LogP contribution in [-0.4, -0.2) is 39.3 Å². The van der Waals surface area contributed by atoms with Gasteiger partial charge in [0.25, 0.3) is 5.91 Å². The lowest BCUT2D eigenvalue weighted by Crippen LogP contribution is -2.47. The van der Waals surface area contributed by atoms with Crippen LogP contribution >= 0.6 is 15.9 Å². The minimum absolute atomic E-state index is 0.0546. The molecule has 116 valence electrons. The molecule has 0 unspecified atom stereocenters. The van der Waals surface area contributed by atoms with Gasteiger partial charge in [-0.15, -0.1) is 0 Å². The molecule has 1 aliphatic rings. The molecular weight excluding hydrogens is 339 g/mol. The normalized spacial score (nSPS) is 17.5. The molecule has 1 aromatic rings. The van der Waals surface area contributed by atoms with Crippen LogP contribution in [0, 0.1) is 11.2 Å². The van der Waals surface area contributed by atoms with E-state index in [-0.39, 0.29) is 11.0 Å². The summed E-state index contributed by atoms with van der Waals surface area (Å²) >= 11 is 3.22. The molecule has 0 aromatic heterocycles. The predicted molar refractivity (Wildman–Crippen MR) is 82.8 cm³/mol. The number of ether oxygens (including phenoxy) is 1. The molecule has 0 aliphatic carbocycles. The molecule has 2 rings (SSSR count). The van der Waals surface area contributed by atoms with Crippen LogP contribution in [0.1, 0.15) is 23.2 Å². The summed E-state index contributed by atoms with van der Waals surface area (Å²) in [4.78, 5) is 12.2. The zero-order valence-electron chi connectivity index (χ0n) is 12.0. The van der Waals surface area contributed by atoms with E-state index in [4.69, 9.17) is 4.74 Å². The maximum Gasteiger partial charge on any atom is 0.255 e. The molecular formula is C15H20BrFN2O2. The highest BCUT2D eigenvalue weighted by Gasteiger charge is 2.33. The summed E-state index contributed by atoms with van der Waals surface area (Å²) in [5, 5.41) is 6.16. The Balaban J connectivity index is 2.05. The van der Waals surface area contributed by atoms with Crippen LogP contribution in [0.4, 0.5) is 4.39 Å². The predicted octanol–water partition coefficient (Wildman–Crippen LogP) is 2.33. The van der Waals surface area contributed by atoms with Gasteiger partial charge in [-0.1, -0.05) is 6.07 Å². The number of carbonyl (C=O) groups is 1. The van der Waals surface area contributed by atoms with Crippen LogP contribution in [0.25, 0.3) is 0 Å². The second-order valence-corrected chi connectivity index (χ2v) is 6.32. The van der Waals surface area contributed by atoms with Gasteiger partial charge in [0.2, 0.25) is 0 Å². The fraction of sp³-hybridized carbons (Fsp3) is 0.533. The maximum absolute atomic E-state index is 13.8. The molecule has 0 atom stereocenters. The van der Waals surface area contributed by atoms with E-state index in [1.54, 1.807) is 19.2 Å². The minimum atomic E-state index is -0.520. The standard InChI is InChI=1S/C15H20BrFN2O2/c1-21-10-15(5-7-18-8-6-15)9-19-14(20)13-11(16)3-2-4-12(13)17/h2-4,18H,5-10H2,1H3,(H,19,20). The smallest absolute Gasteiger partial charge is 0.255 e. The molecule has 2 N–H and O–H groups in total. The molecule has 1 fully saturated rings. The summed E-state index contributed by atoms with van der Waals surface area (Å²) in [6.07, 6.45) is 1.86. The van der Waals surface area contributed by atoms with Crippen molar-refractivity contribution in [3.05, 3.63) is 34.1 Å². The van der Waals surface area contributed by atoms with Gasteiger partial charge in [0.05, 0.1) is 12.2 Å². The summed E-state index contributed by atoms with van der Waals surface area (Å²) in [6.45, 7) is 2.89. The van der Waals surface area contributed by atoms with Gasteiger partial charge in [-0.3, -0.25) is 4.79 Å². The van der Waals surface area contributed by atoms with Crippen molar-refractivity contribution in [2.75, 3.05) is 33.4 Å². The van der Waals surface area contributed by atoms with Crippen molar-refractivity contribution in [3.8, 4) is 0 Å². The number of hydrogen-bond donors (Lipinski definition) is 2. The summed E-state index contributed by atoms with van der Waals surface area (Å²) in [5.74, 6) is -0.915. The van der Waals surface area contributed by atoms with Crippen LogP contribution in [0.15, 0.2) is 22.7 Å². The minimum Gasteiger partial charge on any atom is -0.384 e. The number of rotatable bonds is 5. The molecule has 1 aliphatic heterocycles. The molecule has 0 radical (unpaired) electrons. The second kappa shape index (κ2) is 7.33. The van der Waals surface area contributed by atoms with Crippen molar-refractivity contribution in [2.45, 2.75) is 12.8 Å². The third-order valence-electron chi connectivity index (χ3n) is 3.93. The van der Waals surface area contributed by atoms with Crippen LogP contribution in [0.3, 0.4) is 0 Å². The largest absolute Gasteiger partial charge is 0.384 e. The summed E-state index contributed by atoms with van der Waals surface area (Å²) in [5.41, 5.74) is -0.0214. The molecule has 1 aromatic carbocycles. The Morgan fingerprint density at radius 3 is 2.81 bits per heavy atom. The fourth-order valence-corrected chi connectivity index (χ4v) is 3.23. The zero-order chi connectivity index (χ0) is 15.3. The lowest BCUT2D eigenvalue weighted by Gasteiger charge is -2.37. The van der Waals surface area contributed by atoms with E-state index in [1.165, 1.54) is 6.07 Å². The molecule has 0 saturated carbocycles. The summed E-state index contributed by atoms with van der Waals surface area (Å²) in [7, 11) is 1.67. The van der Waals surface area contributed by atoms with Gasteiger partial charge < -0.3 is 15.4 Å². The average Bonchev–Trinajstić information content (AvgIpc) is 2.46. The van der Waals surface area contributed by atoms with Gasteiger partial charge in [-0.25, -0.2) is 4.39 Å². The average molecular weight is 359 g/mol. The lowest BCUT2D eigenvalue weighted by atomic mass is 9.79. The Bertz CT molecular complexity index is 479. The summed E-state index contributed by atoms with van der Waals surface area (Å²) < 4.78 is 19.6. The van der Waals surface area contributed by atoms with Crippen LogP contribution in [-0.2, 0) is 4.74 Å². The Morgan fingerprint density at radius 1 is 1.48 bits per heavy atom. The van der Waals surface area contributed by atoms with Gasteiger partial charge in [0, 0.05) is 23.5 Å². The molecule has 4 nitrogen and oxygen atoms in total. The summed E-state index contributed by atoms with van der Waals surface area (Å²) in [6, 6.07) is 4.51. The highest BCUT2D eigenvalue weighted by atomic mass is 79.9. The molecule has 21 heavy (non-hydrogen) atoms. The van der Waals surface area contributed by atoms with E-state index in [9.17, 15) is 9.18 Å². The first kappa shape index (κ1) is 16.4. The third kappa shape index (κ3) is 4.02. The number of piperidine rings is 1.